The van der Waals surface area contributed by atoms with Crippen molar-refractivity contribution >= 4 is 34.8 Å². The zero-order valence-electron chi connectivity index (χ0n) is 22.0. The number of rotatable bonds is 11. The Morgan fingerprint density at radius 1 is 0.786 bits per heavy atom. The number of nitrogens with one attached hydrogen (secondary N) is 2. The molecule has 42 heavy (non-hydrogen) atoms. The predicted molar refractivity (Wildman–Crippen MR) is 153 cm³/mol. The smallest absolute Gasteiger partial charge is 0.270 e. The molecule has 0 saturated carbocycles. The molecule has 0 aliphatic heterocycles. The molecule has 4 aromatic rings. The summed E-state index contributed by atoms with van der Waals surface area (Å²) >= 11 is 6.22. The second-order valence-corrected chi connectivity index (χ2v) is 9.19. The largest absolute Gasteiger partial charge is 0.493 e. The molecule has 214 valence electrons. The lowest BCUT2D eigenvalue weighted by molar-refractivity contribution is -0.385. The lowest BCUT2D eigenvalue weighted by atomic mass is 10.1. The summed E-state index contributed by atoms with van der Waals surface area (Å²) < 4.78 is 11.4. The lowest BCUT2D eigenvalue weighted by Crippen LogP contribution is -2.41. The molecule has 4 rings (SSSR count). The Morgan fingerprint density at radius 3 is 1.88 bits per heavy atom. The Bertz CT molecular complexity index is 1590. The average molecular weight is 591 g/mol. The van der Waals surface area contributed by atoms with Gasteiger partial charge in [0.1, 0.15) is 12.8 Å². The fraction of sp³-hybridized carbons (Fsp3) is 0.103. The summed E-state index contributed by atoms with van der Waals surface area (Å²) in [5.74, 6) is -0.809. The van der Waals surface area contributed by atoms with Gasteiger partial charge in [-0.1, -0.05) is 48.0 Å². The van der Waals surface area contributed by atoms with Crippen LogP contribution in [-0.2, 0) is 6.61 Å². The van der Waals surface area contributed by atoms with Crippen LogP contribution in [0, 0.1) is 20.2 Å². The molecule has 0 saturated heterocycles. The SMILES string of the molecule is COc1cc(C(NC(=O)c2cccc([N+](=O)[O-])c2)NC(=O)c2cccc([N+](=O)[O-])c2)ccc1OCc1ccccc1Cl. The van der Waals surface area contributed by atoms with E-state index in [1.165, 1.54) is 49.6 Å². The number of nitro groups is 2. The van der Waals surface area contributed by atoms with E-state index in [0.29, 0.717) is 16.3 Å². The normalized spacial score (nSPS) is 10.5. The number of non-ortho nitro benzene ring substituents is 2. The molecule has 0 bridgehead atoms. The summed E-state index contributed by atoms with van der Waals surface area (Å²) in [7, 11) is 1.42. The molecule has 0 atom stereocenters. The minimum absolute atomic E-state index is 0.0227. The molecule has 12 nitrogen and oxygen atoms in total. The predicted octanol–water partition coefficient (Wildman–Crippen LogP) is 5.60. The average Bonchev–Trinajstić information content (AvgIpc) is 3.00. The van der Waals surface area contributed by atoms with Crippen molar-refractivity contribution in [3.8, 4) is 11.5 Å². The number of carbonyl (C=O) groups is 2. The summed E-state index contributed by atoms with van der Waals surface area (Å²) in [4.78, 5) is 47.4. The number of nitro benzene ring substituents is 2. The third-order valence-electron chi connectivity index (χ3n) is 6.05. The fourth-order valence-electron chi connectivity index (χ4n) is 3.91. The van der Waals surface area contributed by atoms with E-state index in [4.69, 9.17) is 21.1 Å². The molecule has 4 aromatic carbocycles. The van der Waals surface area contributed by atoms with Gasteiger partial charge in [-0.15, -0.1) is 0 Å². The summed E-state index contributed by atoms with van der Waals surface area (Å²) in [5.41, 5.74) is 0.477. The monoisotopic (exact) mass is 590 g/mol. The number of hydrogen-bond donors (Lipinski definition) is 2. The van der Waals surface area contributed by atoms with Gasteiger partial charge in [0.15, 0.2) is 11.5 Å². The first-order chi connectivity index (χ1) is 20.2. The van der Waals surface area contributed by atoms with E-state index in [1.807, 2.05) is 12.1 Å². The quantitative estimate of drug-likeness (QED) is 0.129. The molecule has 2 amide bonds. The van der Waals surface area contributed by atoms with Crippen molar-refractivity contribution in [3.63, 3.8) is 0 Å². The first-order valence-electron chi connectivity index (χ1n) is 12.3. The third kappa shape index (κ3) is 7.17. The zero-order chi connectivity index (χ0) is 30.2. The van der Waals surface area contributed by atoms with Crippen LogP contribution in [0.4, 0.5) is 11.4 Å². The van der Waals surface area contributed by atoms with Gasteiger partial charge >= 0.3 is 0 Å². The second-order valence-electron chi connectivity index (χ2n) is 8.79. The van der Waals surface area contributed by atoms with Crippen molar-refractivity contribution in [1.82, 2.24) is 10.6 Å². The van der Waals surface area contributed by atoms with Crippen molar-refractivity contribution in [3.05, 3.63) is 139 Å². The molecule has 0 unspecified atom stereocenters. The van der Waals surface area contributed by atoms with Crippen LogP contribution in [0.1, 0.15) is 38.0 Å². The molecule has 2 N–H and O–H groups in total. The molecule has 0 aromatic heterocycles. The maximum atomic E-state index is 13.1. The molecule has 0 aliphatic rings. The van der Waals surface area contributed by atoms with E-state index < -0.39 is 27.8 Å². The Kier molecular flexibility index (Phi) is 9.30. The molecule has 0 radical (unpaired) electrons. The number of amides is 2. The van der Waals surface area contributed by atoms with Crippen LogP contribution in [-0.4, -0.2) is 28.8 Å². The summed E-state index contributed by atoms with van der Waals surface area (Å²) in [6, 6.07) is 22.0. The topological polar surface area (TPSA) is 163 Å². The second kappa shape index (κ2) is 13.2. The first-order valence-corrected chi connectivity index (χ1v) is 12.7. The van der Waals surface area contributed by atoms with Gasteiger partial charge < -0.3 is 20.1 Å². The van der Waals surface area contributed by atoms with Crippen LogP contribution in [0.25, 0.3) is 0 Å². The third-order valence-corrected chi connectivity index (χ3v) is 6.42. The number of ether oxygens (including phenoxy) is 2. The van der Waals surface area contributed by atoms with E-state index in [-0.39, 0.29) is 34.9 Å². The number of carbonyl (C=O) groups excluding carboxylic acids is 2. The molecule has 13 heteroatoms. The maximum Gasteiger partial charge on any atom is 0.270 e. The van der Waals surface area contributed by atoms with Crippen molar-refractivity contribution in [2.24, 2.45) is 0 Å². The van der Waals surface area contributed by atoms with Crippen molar-refractivity contribution in [2.45, 2.75) is 12.8 Å². The highest BCUT2D eigenvalue weighted by atomic mass is 35.5. The molecule has 0 aliphatic carbocycles. The number of nitrogens with zero attached hydrogens (tertiary/aromatic N) is 2. The Balaban J connectivity index is 1.64. The molecular formula is C29H23ClN4O8. The Hall–Kier alpha value is -5.49. The minimum Gasteiger partial charge on any atom is -0.493 e. The molecule has 0 heterocycles. The van der Waals surface area contributed by atoms with Crippen molar-refractivity contribution in [2.75, 3.05) is 7.11 Å². The highest BCUT2D eigenvalue weighted by molar-refractivity contribution is 6.31. The molecule has 0 fully saturated rings. The number of halogens is 1. The van der Waals surface area contributed by atoms with E-state index in [0.717, 1.165) is 17.7 Å². The lowest BCUT2D eigenvalue weighted by Gasteiger charge is -2.22. The first kappa shape index (κ1) is 29.5. The maximum absolute atomic E-state index is 13.1. The van der Waals surface area contributed by atoms with Gasteiger partial charge in [0, 0.05) is 46.0 Å². The minimum atomic E-state index is -1.19. The van der Waals surface area contributed by atoms with E-state index in [1.54, 1.807) is 24.3 Å². The van der Waals surface area contributed by atoms with Crippen LogP contribution < -0.4 is 20.1 Å². The Labute approximate surface area is 244 Å². The van der Waals surface area contributed by atoms with Crippen LogP contribution in [0.3, 0.4) is 0 Å². The van der Waals surface area contributed by atoms with Gasteiger partial charge in [0.2, 0.25) is 0 Å². The van der Waals surface area contributed by atoms with Gasteiger partial charge in [0.05, 0.1) is 17.0 Å². The number of methoxy groups -OCH3 is 1. The Morgan fingerprint density at radius 2 is 1.36 bits per heavy atom. The van der Waals surface area contributed by atoms with Crippen LogP contribution in [0.15, 0.2) is 91.0 Å². The number of hydrogen-bond acceptors (Lipinski definition) is 8. The van der Waals surface area contributed by atoms with E-state index in [2.05, 4.69) is 10.6 Å². The van der Waals surface area contributed by atoms with Gasteiger partial charge in [-0.25, -0.2) is 0 Å². The summed E-state index contributed by atoms with van der Waals surface area (Å²) in [6.07, 6.45) is -1.19. The van der Waals surface area contributed by atoms with E-state index in [9.17, 15) is 29.8 Å². The van der Waals surface area contributed by atoms with Crippen LogP contribution >= 0.6 is 11.6 Å². The fourth-order valence-corrected chi connectivity index (χ4v) is 4.10. The molecular weight excluding hydrogens is 568 g/mol. The number of benzene rings is 4. The highest BCUT2D eigenvalue weighted by Gasteiger charge is 2.23. The van der Waals surface area contributed by atoms with Gasteiger partial charge in [-0.05, 0) is 35.9 Å². The van der Waals surface area contributed by atoms with Crippen LogP contribution in [0.2, 0.25) is 5.02 Å². The van der Waals surface area contributed by atoms with E-state index >= 15 is 0 Å². The van der Waals surface area contributed by atoms with Gasteiger partial charge in [-0.2, -0.15) is 0 Å². The summed E-state index contributed by atoms with van der Waals surface area (Å²) in [6.45, 7) is 0.145. The summed E-state index contributed by atoms with van der Waals surface area (Å²) in [5, 5.41) is 28.2. The van der Waals surface area contributed by atoms with Crippen molar-refractivity contribution in [1.29, 1.82) is 0 Å². The van der Waals surface area contributed by atoms with Gasteiger partial charge in [-0.3, -0.25) is 29.8 Å². The van der Waals surface area contributed by atoms with Gasteiger partial charge in [0.25, 0.3) is 23.2 Å². The zero-order valence-corrected chi connectivity index (χ0v) is 22.7. The highest BCUT2D eigenvalue weighted by Crippen LogP contribution is 2.31. The standard InChI is InChI=1S/C29H23ClN4O8/c1-41-26-16-18(12-13-25(26)42-17-21-6-2-3-11-24(21)30)27(31-28(35)19-7-4-9-22(14-19)33(37)38)32-29(36)20-8-5-10-23(15-20)34(39)40/h2-16,27H,17H2,1H3,(H,31,35)(H,32,36). The van der Waals surface area contributed by atoms with Crippen LogP contribution in [0.5, 0.6) is 11.5 Å². The van der Waals surface area contributed by atoms with Crippen molar-refractivity contribution < 1.29 is 28.9 Å². The molecule has 0 spiro atoms.